The monoisotopic (exact) mass is 548 g/mol. The number of rotatable bonds is 11. The molecule has 10 heteroatoms. The minimum atomic E-state index is -2.90. The molecule has 3 rings (SSSR count). The van der Waals surface area contributed by atoms with E-state index in [0.29, 0.717) is 43.2 Å². The first-order valence-electron chi connectivity index (χ1n) is 12.3. The van der Waals surface area contributed by atoms with Gasteiger partial charge in [0.25, 0.3) is 16.3 Å². The van der Waals surface area contributed by atoms with Crippen molar-refractivity contribution in [2.75, 3.05) is 66.3 Å². The summed E-state index contributed by atoms with van der Waals surface area (Å²) in [6.07, 6.45) is 4.27. The van der Waals surface area contributed by atoms with Crippen molar-refractivity contribution in [3.8, 4) is 11.5 Å². The summed E-state index contributed by atoms with van der Waals surface area (Å²) < 4.78 is 34.2. The molecule has 8 nitrogen and oxygen atoms in total. The van der Waals surface area contributed by atoms with Crippen LogP contribution in [0.2, 0.25) is 0 Å². The SMILES string of the molecule is COc1cc(C(=O)N(CCCN2CCN([S+](C)(=O)O)CC2)C/C(C)=C/c2ccccc2)cc(P)c1OC. The Morgan fingerprint density at radius 1 is 1.14 bits per heavy atom. The number of hydrogen-bond donors (Lipinski definition) is 1. The number of carbonyl (C=O) groups excluding carboxylic acids is 1. The predicted molar refractivity (Wildman–Crippen MR) is 154 cm³/mol. The Morgan fingerprint density at radius 2 is 1.81 bits per heavy atom. The Bertz CT molecular complexity index is 1130. The van der Waals surface area contributed by atoms with Crippen LogP contribution in [0.1, 0.15) is 29.3 Å². The lowest BCUT2D eigenvalue weighted by atomic mass is 10.1. The van der Waals surface area contributed by atoms with E-state index in [9.17, 15) is 13.6 Å². The summed E-state index contributed by atoms with van der Waals surface area (Å²) in [7, 11) is 2.86. The topological polar surface area (TPSA) is 82.6 Å². The third-order valence-electron chi connectivity index (χ3n) is 6.41. The van der Waals surface area contributed by atoms with Crippen LogP contribution in [-0.4, -0.2) is 90.9 Å². The standard InChI is InChI=1S/C27H38N3O5PS/c1-21(17-22-9-6-5-7-10-22)20-29(12-8-11-28-13-15-30(16-14-28)37(4,32)33)27(31)23-18-24(34-2)26(35-3)25(36)19-23/h5-7,9-10,17-19H,8,11-16,20,36H2,1-4H3/p+1/b21-17+. The second-order valence-corrected chi connectivity index (χ2v) is 12.0. The van der Waals surface area contributed by atoms with Gasteiger partial charge in [0.15, 0.2) is 17.8 Å². The first-order valence-corrected chi connectivity index (χ1v) is 14.8. The summed E-state index contributed by atoms with van der Waals surface area (Å²) in [5, 5.41) is 0.760. The van der Waals surface area contributed by atoms with Gasteiger partial charge in [-0.25, -0.2) is 0 Å². The van der Waals surface area contributed by atoms with Gasteiger partial charge in [-0.3, -0.25) is 4.79 Å². The fraction of sp³-hybridized carbons (Fsp3) is 0.444. The zero-order valence-corrected chi connectivity index (χ0v) is 24.2. The Balaban J connectivity index is 1.73. The van der Waals surface area contributed by atoms with Gasteiger partial charge in [-0.1, -0.05) is 46.3 Å². The highest BCUT2D eigenvalue weighted by Gasteiger charge is 2.32. The van der Waals surface area contributed by atoms with Crippen molar-refractivity contribution in [1.82, 2.24) is 14.1 Å². The highest BCUT2D eigenvalue weighted by atomic mass is 32.3. The molecule has 0 saturated carbocycles. The van der Waals surface area contributed by atoms with Crippen molar-refractivity contribution in [2.45, 2.75) is 13.3 Å². The summed E-state index contributed by atoms with van der Waals surface area (Å²) in [4.78, 5) is 17.9. The zero-order chi connectivity index (χ0) is 27.0. The van der Waals surface area contributed by atoms with Gasteiger partial charge in [0.05, 0.1) is 27.3 Å². The summed E-state index contributed by atoms with van der Waals surface area (Å²) >= 11 is 0. The lowest BCUT2D eigenvalue weighted by Crippen LogP contribution is -2.50. The lowest BCUT2D eigenvalue weighted by Gasteiger charge is -2.32. The first kappa shape index (κ1) is 29.3. The molecule has 2 aromatic rings. The van der Waals surface area contributed by atoms with Crippen LogP contribution < -0.4 is 14.8 Å². The third kappa shape index (κ3) is 8.35. The van der Waals surface area contributed by atoms with Crippen LogP contribution in [0.25, 0.3) is 6.08 Å². The Morgan fingerprint density at radius 3 is 2.41 bits per heavy atom. The minimum absolute atomic E-state index is 0.0683. The van der Waals surface area contributed by atoms with E-state index in [0.717, 1.165) is 42.5 Å². The largest absolute Gasteiger partial charge is 0.493 e. The number of hydrogen-bond acceptors (Lipinski definition) is 5. The van der Waals surface area contributed by atoms with E-state index in [2.05, 4.69) is 20.2 Å². The van der Waals surface area contributed by atoms with Crippen molar-refractivity contribution >= 4 is 36.9 Å². The van der Waals surface area contributed by atoms with E-state index in [1.807, 2.05) is 48.2 Å². The fourth-order valence-electron chi connectivity index (χ4n) is 4.51. The minimum Gasteiger partial charge on any atom is -0.493 e. The van der Waals surface area contributed by atoms with Crippen molar-refractivity contribution in [3.63, 3.8) is 0 Å². The van der Waals surface area contributed by atoms with Gasteiger partial charge in [-0.15, -0.1) is 9.24 Å². The number of nitrogens with zero attached hydrogens (tertiary/aromatic N) is 3. The van der Waals surface area contributed by atoms with Gasteiger partial charge in [-0.2, -0.15) is 4.55 Å². The molecule has 1 aliphatic heterocycles. The maximum atomic E-state index is 13.7. The van der Waals surface area contributed by atoms with Gasteiger partial charge >= 0.3 is 0 Å². The van der Waals surface area contributed by atoms with Gasteiger partial charge in [0.2, 0.25) is 0 Å². The molecule has 1 saturated heterocycles. The Hall–Kier alpha value is -2.29. The second kappa shape index (κ2) is 13.5. The van der Waals surface area contributed by atoms with Gasteiger partial charge < -0.3 is 19.3 Å². The molecule has 1 amide bonds. The number of carbonyl (C=O) groups is 1. The molecule has 0 aromatic heterocycles. The van der Waals surface area contributed by atoms with E-state index in [1.54, 1.807) is 24.6 Å². The molecule has 2 atom stereocenters. The van der Waals surface area contributed by atoms with Crippen LogP contribution in [0.15, 0.2) is 48.0 Å². The van der Waals surface area contributed by atoms with Crippen LogP contribution in [0.5, 0.6) is 11.5 Å². The molecule has 2 aromatic carbocycles. The Labute approximate surface area is 224 Å². The van der Waals surface area contributed by atoms with E-state index in [4.69, 9.17) is 9.47 Å². The molecule has 0 spiro atoms. The number of benzene rings is 2. The van der Waals surface area contributed by atoms with Crippen LogP contribution in [0.3, 0.4) is 0 Å². The number of ether oxygens (including phenoxy) is 2. The van der Waals surface area contributed by atoms with Gasteiger partial charge in [0.1, 0.15) is 0 Å². The molecule has 0 aliphatic carbocycles. The molecular formula is C27H39N3O5PS+. The highest BCUT2D eigenvalue weighted by molar-refractivity contribution is 7.94. The molecule has 1 aliphatic rings. The summed E-state index contributed by atoms with van der Waals surface area (Å²) in [6, 6.07) is 13.6. The first-order chi connectivity index (χ1) is 17.6. The summed E-state index contributed by atoms with van der Waals surface area (Å²) in [5.74, 6) is 1.04. The average Bonchev–Trinajstić information content (AvgIpc) is 2.87. The molecule has 1 N–H and O–H groups in total. The molecule has 1 heterocycles. The fourth-order valence-corrected chi connectivity index (χ4v) is 5.79. The molecule has 0 bridgehead atoms. The summed E-state index contributed by atoms with van der Waals surface area (Å²) in [5.41, 5.74) is 2.73. The van der Waals surface area contributed by atoms with Gasteiger partial charge in [-0.05, 0) is 41.8 Å². The maximum absolute atomic E-state index is 13.7. The van der Waals surface area contributed by atoms with Crippen molar-refractivity contribution in [1.29, 1.82) is 0 Å². The third-order valence-corrected chi connectivity index (χ3v) is 8.16. The highest BCUT2D eigenvalue weighted by Crippen LogP contribution is 2.28. The zero-order valence-electron chi connectivity index (χ0n) is 22.2. The molecule has 0 radical (unpaired) electrons. The predicted octanol–water partition coefficient (Wildman–Crippen LogP) is 3.27. The van der Waals surface area contributed by atoms with Crippen molar-refractivity contribution < 1.29 is 23.0 Å². The number of methoxy groups -OCH3 is 2. The van der Waals surface area contributed by atoms with Crippen molar-refractivity contribution in [2.24, 2.45) is 0 Å². The van der Waals surface area contributed by atoms with Crippen LogP contribution in [0.4, 0.5) is 0 Å². The quantitative estimate of drug-likeness (QED) is 0.343. The lowest BCUT2D eigenvalue weighted by molar-refractivity contribution is 0.0758. The second-order valence-electron chi connectivity index (χ2n) is 9.32. The molecule has 2 unspecified atom stereocenters. The normalized spacial score (nSPS) is 16.8. The summed E-state index contributed by atoms with van der Waals surface area (Å²) in [6.45, 7) is 6.55. The molecular weight excluding hydrogens is 509 g/mol. The van der Waals surface area contributed by atoms with Crippen LogP contribution >= 0.6 is 9.24 Å². The average molecular weight is 549 g/mol. The van der Waals surface area contributed by atoms with Crippen LogP contribution in [-0.2, 0) is 14.6 Å². The van der Waals surface area contributed by atoms with E-state index >= 15 is 0 Å². The molecule has 37 heavy (non-hydrogen) atoms. The molecule has 202 valence electrons. The smallest absolute Gasteiger partial charge is 0.288 e. The molecule has 1 fully saturated rings. The Kier molecular flexibility index (Phi) is 10.7. The van der Waals surface area contributed by atoms with E-state index < -0.39 is 10.4 Å². The number of piperazine rings is 1. The van der Waals surface area contributed by atoms with E-state index in [-0.39, 0.29) is 5.91 Å². The van der Waals surface area contributed by atoms with Crippen molar-refractivity contribution in [3.05, 3.63) is 59.2 Å². The van der Waals surface area contributed by atoms with Gasteiger partial charge in [0, 0.05) is 37.0 Å². The van der Waals surface area contributed by atoms with E-state index in [1.165, 1.54) is 6.26 Å². The van der Waals surface area contributed by atoms with Crippen LogP contribution in [0, 0.1) is 0 Å². The maximum Gasteiger partial charge on any atom is 0.288 e. The number of amides is 1.